The number of imidazole rings is 1. The first kappa shape index (κ1) is 30.0. The number of rotatable bonds is 4. The van der Waals surface area contributed by atoms with Crippen molar-refractivity contribution in [1.82, 2.24) is 19.4 Å². The zero-order valence-corrected chi connectivity index (χ0v) is 20.5. The minimum absolute atomic E-state index is 0.333. The summed E-state index contributed by atoms with van der Waals surface area (Å²) in [5.74, 6) is -2.60. The van der Waals surface area contributed by atoms with Crippen LogP contribution in [0.25, 0.3) is 0 Å². The van der Waals surface area contributed by atoms with Crippen molar-refractivity contribution in [3.8, 4) is 11.5 Å². The van der Waals surface area contributed by atoms with Crippen LogP contribution in [0.15, 0.2) is 24.4 Å². The number of hydrogen-bond donors (Lipinski definition) is 2. The Kier molecular flexibility index (Phi) is 9.66. The van der Waals surface area contributed by atoms with Crippen molar-refractivity contribution < 1.29 is 55.6 Å². The van der Waals surface area contributed by atoms with Gasteiger partial charge < -0.3 is 24.3 Å². The van der Waals surface area contributed by atoms with E-state index in [-0.39, 0.29) is 0 Å². The van der Waals surface area contributed by atoms with Crippen LogP contribution in [0.5, 0.6) is 11.5 Å². The van der Waals surface area contributed by atoms with E-state index in [2.05, 4.69) is 32.7 Å². The minimum Gasteiger partial charge on any atom is -0.475 e. The van der Waals surface area contributed by atoms with Gasteiger partial charge in [0.15, 0.2) is 11.5 Å². The summed E-state index contributed by atoms with van der Waals surface area (Å²) in [5.41, 5.74) is 2.49. The third-order valence-corrected chi connectivity index (χ3v) is 5.84. The number of hydrogen-bond acceptors (Lipinski definition) is 7. The molecule has 0 amide bonds. The first-order valence-corrected chi connectivity index (χ1v) is 11.7. The Hall–Kier alpha value is -3.53. The van der Waals surface area contributed by atoms with Gasteiger partial charge in [-0.05, 0) is 43.6 Å². The molecule has 216 valence electrons. The zero-order valence-electron chi connectivity index (χ0n) is 20.5. The lowest BCUT2D eigenvalue weighted by Crippen LogP contribution is -2.33. The van der Waals surface area contributed by atoms with E-state index in [4.69, 9.17) is 34.3 Å². The number of carboxylic acid groups (broad SMARTS) is 2. The number of ether oxygens (including phenoxy) is 2. The highest BCUT2D eigenvalue weighted by molar-refractivity contribution is 5.73. The summed E-state index contributed by atoms with van der Waals surface area (Å²) in [4.78, 5) is 27.7. The molecule has 2 aromatic rings. The molecule has 4 heterocycles. The van der Waals surface area contributed by atoms with E-state index >= 15 is 0 Å². The fraction of sp³-hybridized carbons (Fsp3) is 0.522. The van der Waals surface area contributed by atoms with Crippen LogP contribution in [0.4, 0.5) is 26.3 Å². The second-order valence-corrected chi connectivity index (χ2v) is 8.83. The monoisotopic (exact) mass is 568 g/mol. The molecule has 5 rings (SSSR count). The van der Waals surface area contributed by atoms with E-state index in [1.54, 1.807) is 0 Å². The van der Waals surface area contributed by atoms with E-state index < -0.39 is 24.3 Å². The zero-order chi connectivity index (χ0) is 28.8. The van der Waals surface area contributed by atoms with Gasteiger partial charge in [0.05, 0.1) is 12.2 Å². The maximum absolute atomic E-state index is 10.6. The number of benzene rings is 1. The number of fused-ring (bicyclic) bond motifs is 2. The Balaban J connectivity index is 0.000000251. The standard InChI is InChI=1S/C19H24N4O2.2C2HF3O2/c1-2-6-21(5-1)11-16-12-23-8-7-22(13-19(23)20-16)10-15-3-4-17-18(9-15)25-14-24-17;2*3-2(4,5)1(6)7/h3-4,9,12H,1-2,5-8,10-11,13-14H2;2*(H,6,7). The Morgan fingerprint density at radius 2 is 1.44 bits per heavy atom. The van der Waals surface area contributed by atoms with Gasteiger partial charge in [-0.15, -0.1) is 0 Å². The van der Waals surface area contributed by atoms with E-state index in [1.807, 2.05) is 6.07 Å². The number of halogens is 6. The van der Waals surface area contributed by atoms with Gasteiger partial charge in [-0.25, -0.2) is 14.6 Å². The highest BCUT2D eigenvalue weighted by Gasteiger charge is 2.38. The number of aliphatic carboxylic acids is 2. The Morgan fingerprint density at radius 3 is 2.03 bits per heavy atom. The Morgan fingerprint density at radius 1 is 0.846 bits per heavy atom. The minimum atomic E-state index is -5.08. The predicted molar refractivity (Wildman–Crippen MR) is 121 cm³/mol. The van der Waals surface area contributed by atoms with E-state index in [0.717, 1.165) is 44.2 Å². The Labute approximate surface area is 218 Å². The molecule has 1 aromatic heterocycles. The average molecular weight is 568 g/mol. The summed E-state index contributed by atoms with van der Waals surface area (Å²) < 4.78 is 76.7. The maximum atomic E-state index is 10.6. The molecule has 0 spiro atoms. The fourth-order valence-corrected chi connectivity index (χ4v) is 4.04. The maximum Gasteiger partial charge on any atom is 0.490 e. The molecule has 0 saturated carbocycles. The normalized spacial score (nSPS) is 17.0. The third kappa shape index (κ3) is 9.02. The van der Waals surface area contributed by atoms with Gasteiger partial charge in [0, 0.05) is 32.4 Å². The smallest absolute Gasteiger partial charge is 0.475 e. The number of aromatic nitrogens is 2. The van der Waals surface area contributed by atoms with E-state index in [9.17, 15) is 26.3 Å². The van der Waals surface area contributed by atoms with Gasteiger partial charge >= 0.3 is 24.3 Å². The van der Waals surface area contributed by atoms with Crippen LogP contribution in [0.3, 0.4) is 0 Å². The topological polar surface area (TPSA) is 117 Å². The van der Waals surface area contributed by atoms with Crippen LogP contribution in [-0.2, 0) is 35.8 Å². The van der Waals surface area contributed by atoms with Crippen LogP contribution in [0, 0.1) is 0 Å². The molecule has 1 saturated heterocycles. The highest BCUT2D eigenvalue weighted by atomic mass is 19.4. The summed E-state index contributed by atoms with van der Waals surface area (Å²) in [6.07, 6.45) is -5.25. The molecule has 3 aliphatic heterocycles. The molecular weight excluding hydrogens is 542 g/mol. The quantitative estimate of drug-likeness (QED) is 0.535. The molecule has 0 radical (unpaired) electrons. The predicted octanol–water partition coefficient (Wildman–Crippen LogP) is 3.49. The molecule has 1 fully saturated rings. The largest absolute Gasteiger partial charge is 0.490 e. The molecule has 3 aliphatic rings. The molecule has 0 atom stereocenters. The number of likely N-dealkylation sites (tertiary alicyclic amines) is 1. The fourth-order valence-electron chi connectivity index (χ4n) is 4.04. The van der Waals surface area contributed by atoms with Gasteiger partial charge in [-0.1, -0.05) is 6.07 Å². The van der Waals surface area contributed by atoms with Crippen LogP contribution in [0.2, 0.25) is 0 Å². The summed E-state index contributed by atoms with van der Waals surface area (Å²) in [5, 5.41) is 14.2. The second-order valence-electron chi connectivity index (χ2n) is 8.83. The number of carbonyl (C=O) groups is 2. The molecule has 0 bridgehead atoms. The van der Waals surface area contributed by atoms with Crippen LogP contribution >= 0.6 is 0 Å². The molecule has 10 nitrogen and oxygen atoms in total. The lowest BCUT2D eigenvalue weighted by atomic mass is 10.2. The molecule has 0 aliphatic carbocycles. The first-order valence-electron chi connectivity index (χ1n) is 11.7. The van der Waals surface area contributed by atoms with Crippen LogP contribution < -0.4 is 9.47 Å². The molecule has 1 aromatic carbocycles. The van der Waals surface area contributed by atoms with Gasteiger partial charge in [-0.3, -0.25) is 9.80 Å². The number of carboxylic acids is 2. The van der Waals surface area contributed by atoms with Crippen molar-refractivity contribution in [2.45, 2.75) is 51.4 Å². The lowest BCUT2D eigenvalue weighted by molar-refractivity contribution is -0.193. The van der Waals surface area contributed by atoms with E-state index in [0.29, 0.717) is 6.79 Å². The van der Waals surface area contributed by atoms with Crippen molar-refractivity contribution in [3.63, 3.8) is 0 Å². The SMILES string of the molecule is O=C(O)C(F)(F)F.O=C(O)C(F)(F)F.c1cc2c(cc1CN1CCn3cc(CN4CCCC4)nc3C1)OCO2. The van der Waals surface area contributed by atoms with Crippen LogP contribution in [0.1, 0.15) is 29.9 Å². The van der Waals surface area contributed by atoms with E-state index in [1.165, 1.54) is 43.0 Å². The second kappa shape index (κ2) is 12.5. The molecule has 39 heavy (non-hydrogen) atoms. The summed E-state index contributed by atoms with van der Waals surface area (Å²) in [7, 11) is 0. The van der Waals surface area contributed by atoms with Crippen molar-refractivity contribution >= 4 is 11.9 Å². The van der Waals surface area contributed by atoms with Crippen molar-refractivity contribution in [2.24, 2.45) is 0 Å². The van der Waals surface area contributed by atoms with Gasteiger partial charge in [0.2, 0.25) is 6.79 Å². The highest BCUT2D eigenvalue weighted by Crippen LogP contribution is 2.33. The number of alkyl halides is 6. The number of nitrogens with zero attached hydrogens (tertiary/aromatic N) is 4. The van der Waals surface area contributed by atoms with Crippen molar-refractivity contribution in [1.29, 1.82) is 0 Å². The van der Waals surface area contributed by atoms with Crippen LogP contribution in [-0.4, -0.2) is 80.3 Å². The lowest BCUT2D eigenvalue weighted by Gasteiger charge is -2.27. The first-order chi connectivity index (χ1) is 18.2. The van der Waals surface area contributed by atoms with Gasteiger partial charge in [-0.2, -0.15) is 26.3 Å². The Bertz CT molecular complexity index is 1120. The third-order valence-electron chi connectivity index (χ3n) is 5.84. The molecule has 0 unspecified atom stereocenters. The molecule has 2 N–H and O–H groups in total. The van der Waals surface area contributed by atoms with Gasteiger partial charge in [0.1, 0.15) is 5.82 Å². The van der Waals surface area contributed by atoms with Gasteiger partial charge in [0.25, 0.3) is 0 Å². The molecule has 16 heteroatoms. The summed E-state index contributed by atoms with van der Waals surface area (Å²) >= 11 is 0. The van der Waals surface area contributed by atoms with Crippen molar-refractivity contribution in [2.75, 3.05) is 26.4 Å². The van der Waals surface area contributed by atoms with Crippen molar-refractivity contribution in [3.05, 3.63) is 41.5 Å². The summed E-state index contributed by atoms with van der Waals surface area (Å²) in [6, 6.07) is 6.24. The average Bonchev–Trinajstić information content (AvgIpc) is 3.59. The molecular formula is C23H26F6N4O6. The summed E-state index contributed by atoms with van der Waals surface area (Å²) in [6.45, 7) is 7.69.